The molecule has 0 spiro atoms. The SMILES string of the molecule is COc1ccc(/C=N/O)c(OC)c1OC. The van der Waals surface area contributed by atoms with E-state index in [1.807, 2.05) is 0 Å². The van der Waals surface area contributed by atoms with Crippen LogP contribution in [-0.4, -0.2) is 32.8 Å². The van der Waals surface area contributed by atoms with E-state index in [4.69, 9.17) is 19.4 Å². The zero-order valence-corrected chi connectivity index (χ0v) is 8.85. The number of hydrogen-bond donors (Lipinski definition) is 1. The van der Waals surface area contributed by atoms with Crippen LogP contribution in [0.1, 0.15) is 5.56 Å². The van der Waals surface area contributed by atoms with E-state index in [0.29, 0.717) is 22.8 Å². The lowest BCUT2D eigenvalue weighted by atomic mass is 10.2. The molecule has 0 bridgehead atoms. The van der Waals surface area contributed by atoms with Gasteiger partial charge in [0.2, 0.25) is 5.75 Å². The highest BCUT2D eigenvalue weighted by atomic mass is 16.5. The summed E-state index contributed by atoms with van der Waals surface area (Å²) in [5.41, 5.74) is 0.609. The van der Waals surface area contributed by atoms with Gasteiger partial charge in [0.15, 0.2) is 11.5 Å². The van der Waals surface area contributed by atoms with E-state index >= 15 is 0 Å². The Morgan fingerprint density at radius 1 is 1.07 bits per heavy atom. The van der Waals surface area contributed by atoms with E-state index in [2.05, 4.69) is 5.16 Å². The number of hydrogen-bond acceptors (Lipinski definition) is 5. The highest BCUT2D eigenvalue weighted by Gasteiger charge is 2.14. The Morgan fingerprint density at radius 2 is 1.73 bits per heavy atom. The summed E-state index contributed by atoms with van der Waals surface area (Å²) in [5, 5.41) is 11.4. The van der Waals surface area contributed by atoms with Gasteiger partial charge in [0, 0.05) is 5.56 Å². The van der Waals surface area contributed by atoms with Crippen molar-refractivity contribution in [3.05, 3.63) is 17.7 Å². The molecule has 1 rings (SSSR count). The van der Waals surface area contributed by atoms with E-state index in [1.54, 1.807) is 12.1 Å². The summed E-state index contributed by atoms with van der Waals surface area (Å²) in [7, 11) is 4.56. The third kappa shape index (κ3) is 2.12. The van der Waals surface area contributed by atoms with Crippen LogP contribution in [0.15, 0.2) is 17.3 Å². The molecule has 0 heterocycles. The van der Waals surface area contributed by atoms with E-state index in [-0.39, 0.29) is 0 Å². The van der Waals surface area contributed by atoms with Gasteiger partial charge in [0.05, 0.1) is 27.5 Å². The Balaban J connectivity index is 3.33. The second-order valence-electron chi connectivity index (χ2n) is 2.67. The van der Waals surface area contributed by atoms with Gasteiger partial charge >= 0.3 is 0 Å². The highest BCUT2D eigenvalue weighted by molar-refractivity contribution is 5.85. The minimum absolute atomic E-state index is 0.467. The quantitative estimate of drug-likeness (QED) is 0.466. The van der Waals surface area contributed by atoms with Crippen molar-refractivity contribution in [3.8, 4) is 17.2 Å². The molecule has 5 nitrogen and oxygen atoms in total. The van der Waals surface area contributed by atoms with Gasteiger partial charge in [-0.1, -0.05) is 5.16 Å². The van der Waals surface area contributed by atoms with Crippen molar-refractivity contribution >= 4 is 6.21 Å². The van der Waals surface area contributed by atoms with E-state index in [0.717, 1.165) is 0 Å². The molecular formula is C10H13NO4. The topological polar surface area (TPSA) is 60.3 Å². The molecule has 0 saturated heterocycles. The van der Waals surface area contributed by atoms with Crippen LogP contribution >= 0.6 is 0 Å². The van der Waals surface area contributed by atoms with Crippen LogP contribution in [0.3, 0.4) is 0 Å². The van der Waals surface area contributed by atoms with E-state index in [9.17, 15) is 0 Å². The minimum atomic E-state index is 0.467. The Hall–Kier alpha value is -1.91. The monoisotopic (exact) mass is 211 g/mol. The fraction of sp³-hybridized carbons (Fsp3) is 0.300. The van der Waals surface area contributed by atoms with Crippen LogP contribution in [0, 0.1) is 0 Å². The molecule has 15 heavy (non-hydrogen) atoms. The molecule has 1 aromatic rings. The van der Waals surface area contributed by atoms with Crippen molar-refractivity contribution < 1.29 is 19.4 Å². The van der Waals surface area contributed by atoms with Crippen LogP contribution < -0.4 is 14.2 Å². The standard InChI is InChI=1S/C10H13NO4/c1-13-8-5-4-7(6-11-12)9(14-2)10(8)15-3/h4-6,12H,1-3H3/b11-6+. The molecule has 0 unspecified atom stereocenters. The fourth-order valence-electron chi connectivity index (χ4n) is 1.29. The van der Waals surface area contributed by atoms with Crippen LogP contribution in [0.5, 0.6) is 17.2 Å². The molecule has 0 atom stereocenters. The maximum Gasteiger partial charge on any atom is 0.203 e. The molecule has 82 valence electrons. The van der Waals surface area contributed by atoms with Gasteiger partial charge in [0.1, 0.15) is 0 Å². The maximum atomic E-state index is 8.47. The molecule has 0 aliphatic heterocycles. The maximum absolute atomic E-state index is 8.47. The molecule has 0 aliphatic rings. The second kappa shape index (κ2) is 5.09. The number of nitrogens with zero attached hydrogens (tertiary/aromatic N) is 1. The lowest BCUT2D eigenvalue weighted by molar-refractivity contribution is 0.318. The Labute approximate surface area is 87.9 Å². The summed E-state index contributed by atoms with van der Waals surface area (Å²) in [6.45, 7) is 0. The number of ether oxygens (including phenoxy) is 3. The van der Waals surface area contributed by atoms with Gasteiger partial charge in [-0.05, 0) is 12.1 Å². The lowest BCUT2D eigenvalue weighted by Gasteiger charge is -2.13. The first-order valence-electron chi connectivity index (χ1n) is 4.24. The number of methoxy groups -OCH3 is 3. The normalized spacial score (nSPS) is 10.3. The predicted octanol–water partition coefficient (Wildman–Crippen LogP) is 1.52. The van der Waals surface area contributed by atoms with Crippen molar-refractivity contribution in [1.29, 1.82) is 0 Å². The van der Waals surface area contributed by atoms with Crippen molar-refractivity contribution in [2.75, 3.05) is 21.3 Å². The predicted molar refractivity (Wildman–Crippen MR) is 55.5 cm³/mol. The van der Waals surface area contributed by atoms with Crippen molar-refractivity contribution in [2.45, 2.75) is 0 Å². The van der Waals surface area contributed by atoms with E-state index < -0.39 is 0 Å². The molecular weight excluding hydrogens is 198 g/mol. The molecule has 0 radical (unpaired) electrons. The van der Waals surface area contributed by atoms with Crippen LogP contribution in [-0.2, 0) is 0 Å². The van der Waals surface area contributed by atoms with Gasteiger partial charge in [-0.2, -0.15) is 0 Å². The average molecular weight is 211 g/mol. The lowest BCUT2D eigenvalue weighted by Crippen LogP contribution is -1.98. The summed E-state index contributed by atoms with van der Waals surface area (Å²) in [6, 6.07) is 3.41. The summed E-state index contributed by atoms with van der Waals surface area (Å²) >= 11 is 0. The van der Waals surface area contributed by atoms with Crippen molar-refractivity contribution in [3.63, 3.8) is 0 Å². The van der Waals surface area contributed by atoms with E-state index in [1.165, 1.54) is 27.5 Å². The molecule has 1 aromatic carbocycles. The molecule has 0 amide bonds. The average Bonchev–Trinajstić information content (AvgIpc) is 2.28. The fourth-order valence-corrected chi connectivity index (χ4v) is 1.29. The van der Waals surface area contributed by atoms with Crippen LogP contribution in [0.25, 0.3) is 0 Å². The molecule has 5 heteroatoms. The molecule has 0 aromatic heterocycles. The Bertz CT molecular complexity index is 363. The number of benzene rings is 1. The smallest absolute Gasteiger partial charge is 0.203 e. The summed E-state index contributed by atoms with van der Waals surface area (Å²) in [6.07, 6.45) is 1.26. The minimum Gasteiger partial charge on any atom is -0.493 e. The molecule has 1 N–H and O–H groups in total. The highest BCUT2D eigenvalue weighted by Crippen LogP contribution is 2.38. The Morgan fingerprint density at radius 3 is 2.20 bits per heavy atom. The molecule has 0 fully saturated rings. The zero-order chi connectivity index (χ0) is 11.3. The van der Waals surface area contributed by atoms with Gasteiger partial charge in [0.25, 0.3) is 0 Å². The van der Waals surface area contributed by atoms with Gasteiger partial charge in [-0.3, -0.25) is 0 Å². The van der Waals surface area contributed by atoms with Crippen molar-refractivity contribution in [2.24, 2.45) is 5.16 Å². The van der Waals surface area contributed by atoms with Gasteiger partial charge in [-0.15, -0.1) is 0 Å². The first-order valence-corrected chi connectivity index (χ1v) is 4.24. The third-order valence-electron chi connectivity index (χ3n) is 1.93. The summed E-state index contributed by atoms with van der Waals surface area (Å²) in [4.78, 5) is 0. The molecule has 0 saturated carbocycles. The van der Waals surface area contributed by atoms with Crippen LogP contribution in [0.2, 0.25) is 0 Å². The summed E-state index contributed by atoms with van der Waals surface area (Å²) in [5.74, 6) is 1.50. The van der Waals surface area contributed by atoms with Gasteiger partial charge in [-0.25, -0.2) is 0 Å². The summed E-state index contributed by atoms with van der Waals surface area (Å²) < 4.78 is 15.4. The third-order valence-corrected chi connectivity index (χ3v) is 1.93. The first kappa shape index (κ1) is 11.2. The molecule has 0 aliphatic carbocycles. The number of rotatable bonds is 4. The second-order valence-corrected chi connectivity index (χ2v) is 2.67. The van der Waals surface area contributed by atoms with Gasteiger partial charge < -0.3 is 19.4 Å². The zero-order valence-electron chi connectivity index (χ0n) is 8.85. The van der Waals surface area contributed by atoms with Crippen LogP contribution in [0.4, 0.5) is 0 Å². The van der Waals surface area contributed by atoms with Crippen molar-refractivity contribution in [1.82, 2.24) is 0 Å². The largest absolute Gasteiger partial charge is 0.493 e. The number of oxime groups is 1. The Kier molecular flexibility index (Phi) is 3.79. The first-order chi connectivity index (χ1) is 7.28.